The number of phenols is 1. The van der Waals surface area contributed by atoms with Gasteiger partial charge in [0.2, 0.25) is 0 Å². The van der Waals surface area contributed by atoms with Crippen LogP contribution in [0.25, 0.3) is 0 Å². The van der Waals surface area contributed by atoms with E-state index in [-0.39, 0.29) is 16.3 Å². The van der Waals surface area contributed by atoms with Crippen LogP contribution in [0.2, 0.25) is 5.02 Å². The Labute approximate surface area is 114 Å². The number of carbonyl (C=O) groups excluding carboxylic acids is 1. The highest BCUT2D eigenvalue weighted by Crippen LogP contribution is 2.22. The molecule has 98 valence electrons. The Hall–Kier alpha value is -2.07. The third-order valence-corrected chi connectivity index (χ3v) is 2.93. The summed E-state index contributed by atoms with van der Waals surface area (Å²) in [6.07, 6.45) is 0. The molecule has 0 fully saturated rings. The monoisotopic (exact) mass is 279 g/mol. The minimum Gasteiger partial charge on any atom is -0.508 e. The number of halogens is 2. The molecule has 0 saturated heterocycles. The first-order valence-electron chi connectivity index (χ1n) is 5.53. The molecule has 2 aromatic rings. The van der Waals surface area contributed by atoms with Gasteiger partial charge in [0.25, 0.3) is 5.91 Å². The van der Waals surface area contributed by atoms with Crippen LogP contribution in [0.3, 0.4) is 0 Å². The van der Waals surface area contributed by atoms with E-state index in [1.807, 2.05) is 0 Å². The fourth-order valence-electron chi connectivity index (χ4n) is 1.62. The zero-order chi connectivity index (χ0) is 14.0. The summed E-state index contributed by atoms with van der Waals surface area (Å²) in [6, 6.07) is 8.36. The largest absolute Gasteiger partial charge is 0.508 e. The van der Waals surface area contributed by atoms with Crippen LogP contribution in [0.5, 0.6) is 5.75 Å². The zero-order valence-corrected chi connectivity index (χ0v) is 10.8. The van der Waals surface area contributed by atoms with Gasteiger partial charge >= 0.3 is 0 Å². The van der Waals surface area contributed by atoms with Crippen LogP contribution in [-0.4, -0.2) is 11.0 Å². The van der Waals surface area contributed by atoms with Gasteiger partial charge in [0.05, 0.1) is 5.02 Å². The third kappa shape index (κ3) is 3.03. The first kappa shape index (κ1) is 13.4. The molecule has 0 aliphatic rings. The predicted molar refractivity (Wildman–Crippen MR) is 72.2 cm³/mol. The molecule has 0 saturated carbocycles. The molecule has 1 amide bonds. The molecular weight excluding hydrogens is 269 g/mol. The Morgan fingerprint density at radius 1 is 1.26 bits per heavy atom. The van der Waals surface area contributed by atoms with Crippen molar-refractivity contribution in [3.8, 4) is 5.75 Å². The van der Waals surface area contributed by atoms with Gasteiger partial charge in [-0.2, -0.15) is 0 Å². The second-order valence-electron chi connectivity index (χ2n) is 4.08. The van der Waals surface area contributed by atoms with E-state index in [9.17, 15) is 14.3 Å². The molecule has 0 radical (unpaired) electrons. The molecule has 2 rings (SSSR count). The Morgan fingerprint density at radius 3 is 2.63 bits per heavy atom. The van der Waals surface area contributed by atoms with Crippen LogP contribution in [-0.2, 0) is 0 Å². The highest BCUT2D eigenvalue weighted by molar-refractivity contribution is 6.31. The minimum atomic E-state index is -0.570. The molecule has 19 heavy (non-hydrogen) atoms. The summed E-state index contributed by atoms with van der Waals surface area (Å²) in [6.45, 7) is 1.76. The average Bonchev–Trinajstić information content (AvgIpc) is 2.36. The predicted octanol–water partition coefficient (Wildman–Crippen LogP) is 3.75. The van der Waals surface area contributed by atoms with Crippen molar-refractivity contribution < 1.29 is 14.3 Å². The van der Waals surface area contributed by atoms with Crippen LogP contribution >= 0.6 is 11.6 Å². The Morgan fingerprint density at radius 2 is 2.00 bits per heavy atom. The van der Waals surface area contributed by atoms with E-state index in [0.717, 1.165) is 11.6 Å². The maximum absolute atomic E-state index is 13.0. The summed E-state index contributed by atoms with van der Waals surface area (Å²) in [5, 5.41) is 11.9. The quantitative estimate of drug-likeness (QED) is 0.823. The summed E-state index contributed by atoms with van der Waals surface area (Å²) in [4.78, 5) is 12.0. The lowest BCUT2D eigenvalue weighted by atomic mass is 10.1. The fourth-order valence-corrected chi connectivity index (χ4v) is 1.80. The summed E-state index contributed by atoms with van der Waals surface area (Å²) < 4.78 is 13.0. The Bertz CT molecular complexity index is 643. The van der Waals surface area contributed by atoms with Gasteiger partial charge in [-0.05, 0) is 48.9 Å². The van der Waals surface area contributed by atoms with Crippen LogP contribution in [0.1, 0.15) is 15.9 Å². The van der Waals surface area contributed by atoms with E-state index in [4.69, 9.17) is 11.6 Å². The van der Waals surface area contributed by atoms with Crippen molar-refractivity contribution in [1.82, 2.24) is 0 Å². The molecule has 0 atom stereocenters. The van der Waals surface area contributed by atoms with Gasteiger partial charge in [-0.1, -0.05) is 11.6 Å². The van der Waals surface area contributed by atoms with Crippen molar-refractivity contribution in [2.24, 2.45) is 0 Å². The molecule has 2 N–H and O–H groups in total. The summed E-state index contributed by atoms with van der Waals surface area (Å²) >= 11 is 5.62. The molecule has 5 heteroatoms. The van der Waals surface area contributed by atoms with Crippen molar-refractivity contribution in [3.05, 3.63) is 58.4 Å². The molecule has 0 bridgehead atoms. The molecular formula is C14H11ClFNO2. The molecule has 0 unspecified atom stereocenters. The molecule has 0 heterocycles. The number of phenolic OH excluding ortho intramolecular Hbond substituents is 1. The number of amides is 1. The number of hydrogen-bond donors (Lipinski definition) is 2. The van der Waals surface area contributed by atoms with Crippen molar-refractivity contribution in [2.45, 2.75) is 6.92 Å². The number of aromatic hydroxyl groups is 1. The number of hydrogen-bond acceptors (Lipinski definition) is 2. The smallest absolute Gasteiger partial charge is 0.255 e. The average molecular weight is 280 g/mol. The summed E-state index contributed by atoms with van der Waals surface area (Å²) in [5.41, 5.74) is 1.56. The molecule has 0 spiro atoms. The minimum absolute atomic E-state index is 0.102. The molecule has 0 aliphatic carbocycles. The van der Waals surface area contributed by atoms with Crippen LogP contribution < -0.4 is 5.32 Å². The lowest BCUT2D eigenvalue weighted by Crippen LogP contribution is -2.12. The fraction of sp³-hybridized carbons (Fsp3) is 0.0714. The van der Waals surface area contributed by atoms with Crippen LogP contribution in [0, 0.1) is 12.7 Å². The first-order chi connectivity index (χ1) is 8.97. The van der Waals surface area contributed by atoms with Gasteiger partial charge in [-0.15, -0.1) is 0 Å². The SMILES string of the molecule is Cc1cc(O)ccc1NC(=O)c1ccc(F)c(Cl)c1. The van der Waals surface area contributed by atoms with Crippen LogP contribution in [0.4, 0.5) is 10.1 Å². The van der Waals surface area contributed by atoms with E-state index in [1.54, 1.807) is 13.0 Å². The number of anilines is 1. The van der Waals surface area contributed by atoms with E-state index in [0.29, 0.717) is 5.69 Å². The van der Waals surface area contributed by atoms with Crippen molar-refractivity contribution >= 4 is 23.2 Å². The van der Waals surface area contributed by atoms with Crippen molar-refractivity contribution in [3.63, 3.8) is 0 Å². The maximum Gasteiger partial charge on any atom is 0.255 e. The van der Waals surface area contributed by atoms with E-state index in [2.05, 4.69) is 5.32 Å². The van der Waals surface area contributed by atoms with Crippen molar-refractivity contribution in [1.29, 1.82) is 0 Å². The topological polar surface area (TPSA) is 49.3 Å². The first-order valence-corrected chi connectivity index (χ1v) is 5.91. The van der Waals surface area contributed by atoms with Gasteiger partial charge in [0, 0.05) is 11.3 Å². The number of aryl methyl sites for hydroxylation is 1. The Kier molecular flexibility index (Phi) is 3.71. The normalized spacial score (nSPS) is 10.3. The zero-order valence-electron chi connectivity index (χ0n) is 10.1. The number of rotatable bonds is 2. The third-order valence-electron chi connectivity index (χ3n) is 2.64. The van der Waals surface area contributed by atoms with Crippen molar-refractivity contribution in [2.75, 3.05) is 5.32 Å². The summed E-state index contributed by atoms with van der Waals surface area (Å²) in [7, 11) is 0. The molecule has 2 aromatic carbocycles. The lowest BCUT2D eigenvalue weighted by molar-refractivity contribution is 0.102. The Balaban J connectivity index is 2.23. The summed E-state index contributed by atoms with van der Waals surface area (Å²) in [5.74, 6) is -0.838. The highest BCUT2D eigenvalue weighted by Gasteiger charge is 2.10. The van der Waals surface area contributed by atoms with Gasteiger partial charge in [-0.25, -0.2) is 4.39 Å². The number of nitrogens with one attached hydrogen (secondary N) is 1. The lowest BCUT2D eigenvalue weighted by Gasteiger charge is -2.09. The second-order valence-corrected chi connectivity index (χ2v) is 4.49. The second kappa shape index (κ2) is 5.28. The van der Waals surface area contributed by atoms with E-state index < -0.39 is 11.7 Å². The van der Waals surface area contributed by atoms with Gasteiger partial charge in [0.1, 0.15) is 11.6 Å². The molecule has 0 aliphatic heterocycles. The molecule has 0 aromatic heterocycles. The van der Waals surface area contributed by atoms with E-state index in [1.165, 1.54) is 24.3 Å². The van der Waals surface area contributed by atoms with Crippen LogP contribution in [0.15, 0.2) is 36.4 Å². The molecule has 3 nitrogen and oxygen atoms in total. The highest BCUT2D eigenvalue weighted by atomic mass is 35.5. The number of carbonyl (C=O) groups is 1. The van der Waals surface area contributed by atoms with Gasteiger partial charge in [0.15, 0.2) is 0 Å². The van der Waals surface area contributed by atoms with E-state index >= 15 is 0 Å². The number of benzene rings is 2. The van der Waals surface area contributed by atoms with Gasteiger partial charge < -0.3 is 10.4 Å². The standard InChI is InChI=1S/C14H11ClFNO2/c1-8-6-10(18)3-5-13(8)17-14(19)9-2-4-12(16)11(15)7-9/h2-7,18H,1H3,(H,17,19). The van der Waals surface area contributed by atoms with Gasteiger partial charge in [-0.3, -0.25) is 4.79 Å². The maximum atomic E-state index is 13.0.